The predicted octanol–water partition coefficient (Wildman–Crippen LogP) is 1.95. The maximum absolute atomic E-state index is 12.2. The lowest BCUT2D eigenvalue weighted by atomic mass is 10.1. The van der Waals surface area contributed by atoms with Crippen LogP contribution in [0.4, 0.5) is 5.69 Å². The lowest BCUT2D eigenvalue weighted by molar-refractivity contribution is 0.0733. The predicted molar refractivity (Wildman–Crippen MR) is 75.9 cm³/mol. The van der Waals surface area contributed by atoms with E-state index in [0.717, 1.165) is 11.1 Å². The van der Waals surface area contributed by atoms with Crippen molar-refractivity contribution < 1.29 is 13.2 Å². The Hall–Kier alpha value is -0.820. The molecular weight excluding hydrogens is 288 g/mol. The van der Waals surface area contributed by atoms with E-state index in [1.807, 2.05) is 19.9 Å². The Bertz CT molecular complexity index is 545. The summed E-state index contributed by atoms with van der Waals surface area (Å²) in [5, 5.41) is 0.411. The van der Waals surface area contributed by atoms with E-state index in [4.69, 9.17) is 16.3 Å². The molecule has 1 N–H and O–H groups in total. The van der Waals surface area contributed by atoms with E-state index in [1.54, 1.807) is 6.07 Å². The second-order valence-corrected chi connectivity index (χ2v) is 6.64. The molecule has 0 atom stereocenters. The number of hydrogen-bond acceptors (Lipinski definition) is 3. The average Bonchev–Trinajstić information content (AvgIpc) is 2.35. The first kappa shape index (κ1) is 14.6. The van der Waals surface area contributed by atoms with Gasteiger partial charge in [-0.15, -0.1) is 0 Å². The monoisotopic (exact) mass is 304 g/mol. The molecule has 106 valence electrons. The van der Waals surface area contributed by atoms with Gasteiger partial charge in [0.05, 0.1) is 23.9 Å². The molecule has 1 aliphatic rings. The molecule has 1 aromatic rings. The van der Waals surface area contributed by atoms with Gasteiger partial charge in [0, 0.05) is 13.1 Å². The van der Waals surface area contributed by atoms with Gasteiger partial charge in [0.2, 0.25) is 0 Å². The van der Waals surface area contributed by atoms with Crippen molar-refractivity contribution >= 4 is 27.5 Å². The minimum absolute atomic E-state index is 0.359. The largest absolute Gasteiger partial charge is 0.379 e. The van der Waals surface area contributed by atoms with Crippen LogP contribution >= 0.6 is 11.6 Å². The van der Waals surface area contributed by atoms with Crippen molar-refractivity contribution in [1.29, 1.82) is 0 Å². The molecule has 0 unspecified atom stereocenters. The zero-order chi connectivity index (χ0) is 14.0. The van der Waals surface area contributed by atoms with E-state index >= 15 is 0 Å². The molecule has 0 aromatic heterocycles. The normalized spacial score (nSPS) is 17.4. The highest BCUT2D eigenvalue weighted by atomic mass is 35.5. The first-order valence-electron chi connectivity index (χ1n) is 6.02. The summed E-state index contributed by atoms with van der Waals surface area (Å²) in [6, 6.07) is 3.63. The van der Waals surface area contributed by atoms with Gasteiger partial charge in [0.15, 0.2) is 0 Å². The molecule has 0 radical (unpaired) electrons. The van der Waals surface area contributed by atoms with E-state index in [-0.39, 0.29) is 0 Å². The molecule has 0 aliphatic carbocycles. The third-order valence-corrected chi connectivity index (χ3v) is 4.78. The number of benzene rings is 1. The number of nitrogens with one attached hydrogen (secondary N) is 1. The number of morpholine rings is 1. The van der Waals surface area contributed by atoms with Gasteiger partial charge in [-0.05, 0) is 31.0 Å². The maximum Gasteiger partial charge on any atom is 0.301 e. The van der Waals surface area contributed by atoms with Gasteiger partial charge in [-0.3, -0.25) is 4.72 Å². The summed E-state index contributed by atoms with van der Waals surface area (Å²) in [7, 11) is -3.58. The van der Waals surface area contributed by atoms with Crippen molar-refractivity contribution in [2.75, 3.05) is 31.0 Å². The Morgan fingerprint density at radius 3 is 2.47 bits per heavy atom. The van der Waals surface area contributed by atoms with Crippen LogP contribution in [0.5, 0.6) is 0 Å². The second kappa shape index (κ2) is 5.66. The quantitative estimate of drug-likeness (QED) is 0.928. The van der Waals surface area contributed by atoms with E-state index in [0.29, 0.717) is 37.0 Å². The molecular formula is C12H17ClN2O3S. The summed E-state index contributed by atoms with van der Waals surface area (Å²) in [4.78, 5) is 0. The molecule has 1 saturated heterocycles. The molecule has 0 bridgehead atoms. The zero-order valence-electron chi connectivity index (χ0n) is 10.9. The van der Waals surface area contributed by atoms with Crippen LogP contribution < -0.4 is 4.72 Å². The molecule has 7 heteroatoms. The highest BCUT2D eigenvalue weighted by molar-refractivity contribution is 7.90. The molecule has 1 aliphatic heterocycles. The molecule has 0 amide bonds. The summed E-state index contributed by atoms with van der Waals surface area (Å²) in [6.45, 7) is 5.30. The van der Waals surface area contributed by atoms with Crippen LogP contribution in [0.1, 0.15) is 11.1 Å². The highest BCUT2D eigenvalue weighted by Crippen LogP contribution is 2.28. The Balaban J connectivity index is 2.25. The summed E-state index contributed by atoms with van der Waals surface area (Å²) in [5.41, 5.74) is 2.25. The number of rotatable bonds is 3. The molecule has 2 rings (SSSR count). The van der Waals surface area contributed by atoms with Gasteiger partial charge in [-0.2, -0.15) is 12.7 Å². The van der Waals surface area contributed by atoms with Crippen LogP contribution in [0.15, 0.2) is 12.1 Å². The number of halogens is 1. The van der Waals surface area contributed by atoms with Crippen LogP contribution in [0.3, 0.4) is 0 Å². The molecule has 0 saturated carbocycles. The second-order valence-electron chi connectivity index (χ2n) is 4.56. The van der Waals surface area contributed by atoms with E-state index in [1.165, 1.54) is 4.31 Å². The van der Waals surface area contributed by atoms with Crippen LogP contribution in [-0.4, -0.2) is 39.0 Å². The fourth-order valence-electron chi connectivity index (χ4n) is 2.03. The van der Waals surface area contributed by atoms with Crippen LogP contribution in [0.2, 0.25) is 5.02 Å². The summed E-state index contributed by atoms with van der Waals surface area (Å²) in [6.07, 6.45) is 0. The van der Waals surface area contributed by atoms with Crippen LogP contribution in [0, 0.1) is 13.8 Å². The van der Waals surface area contributed by atoms with Crippen molar-refractivity contribution in [1.82, 2.24) is 4.31 Å². The highest BCUT2D eigenvalue weighted by Gasteiger charge is 2.25. The standard InChI is InChI=1S/C12H17ClN2O3S/c1-9-7-10(2)12(11(13)8-9)14-19(16,17)15-3-5-18-6-4-15/h7-8,14H,3-6H2,1-2H3. The number of anilines is 1. The molecule has 5 nitrogen and oxygen atoms in total. The van der Waals surface area contributed by atoms with Gasteiger partial charge in [0.25, 0.3) is 0 Å². The van der Waals surface area contributed by atoms with Gasteiger partial charge in [0.1, 0.15) is 0 Å². The number of nitrogens with zero attached hydrogens (tertiary/aromatic N) is 1. The fraction of sp³-hybridized carbons (Fsp3) is 0.500. The van der Waals surface area contributed by atoms with Crippen molar-refractivity contribution in [3.8, 4) is 0 Å². The number of hydrogen-bond donors (Lipinski definition) is 1. The molecule has 1 aromatic carbocycles. The molecule has 1 heterocycles. The van der Waals surface area contributed by atoms with Crippen molar-refractivity contribution in [2.45, 2.75) is 13.8 Å². The fourth-order valence-corrected chi connectivity index (χ4v) is 3.74. The lowest BCUT2D eigenvalue weighted by Crippen LogP contribution is -2.43. The Kier molecular flexibility index (Phi) is 4.35. The minimum atomic E-state index is -3.58. The molecule has 0 spiro atoms. The lowest BCUT2D eigenvalue weighted by Gasteiger charge is -2.27. The first-order valence-corrected chi connectivity index (χ1v) is 7.84. The van der Waals surface area contributed by atoms with Gasteiger partial charge >= 0.3 is 10.2 Å². The Morgan fingerprint density at radius 1 is 1.26 bits per heavy atom. The summed E-state index contributed by atoms with van der Waals surface area (Å²) >= 11 is 6.11. The Morgan fingerprint density at radius 2 is 1.89 bits per heavy atom. The summed E-state index contributed by atoms with van der Waals surface area (Å²) < 4.78 is 33.6. The number of aryl methyl sites for hydroxylation is 2. The topological polar surface area (TPSA) is 58.6 Å². The van der Waals surface area contributed by atoms with Gasteiger partial charge < -0.3 is 4.74 Å². The van der Waals surface area contributed by atoms with Gasteiger partial charge in [-0.25, -0.2) is 0 Å². The van der Waals surface area contributed by atoms with E-state index in [9.17, 15) is 8.42 Å². The van der Waals surface area contributed by atoms with Crippen molar-refractivity contribution in [3.05, 3.63) is 28.3 Å². The van der Waals surface area contributed by atoms with E-state index < -0.39 is 10.2 Å². The zero-order valence-corrected chi connectivity index (χ0v) is 12.5. The third-order valence-electron chi connectivity index (χ3n) is 2.97. The summed E-state index contributed by atoms with van der Waals surface area (Å²) in [5.74, 6) is 0. The van der Waals surface area contributed by atoms with Gasteiger partial charge in [-0.1, -0.05) is 17.7 Å². The van der Waals surface area contributed by atoms with Crippen LogP contribution in [-0.2, 0) is 14.9 Å². The first-order chi connectivity index (χ1) is 8.90. The number of ether oxygens (including phenoxy) is 1. The van der Waals surface area contributed by atoms with Crippen molar-refractivity contribution in [2.24, 2.45) is 0 Å². The van der Waals surface area contributed by atoms with Crippen molar-refractivity contribution in [3.63, 3.8) is 0 Å². The smallest absolute Gasteiger partial charge is 0.301 e. The maximum atomic E-state index is 12.2. The van der Waals surface area contributed by atoms with Crippen LogP contribution in [0.25, 0.3) is 0 Å². The Labute approximate surface area is 118 Å². The molecule has 1 fully saturated rings. The SMILES string of the molecule is Cc1cc(C)c(NS(=O)(=O)N2CCOCC2)c(Cl)c1. The van der Waals surface area contributed by atoms with E-state index in [2.05, 4.69) is 4.72 Å². The average molecular weight is 305 g/mol. The third kappa shape index (κ3) is 3.39. The molecule has 19 heavy (non-hydrogen) atoms. The minimum Gasteiger partial charge on any atom is -0.379 e.